The fraction of sp³-hybridized carbons (Fsp3) is 0.455. The average Bonchev–Trinajstić information content (AvgIpc) is 2.19. The van der Waals surface area contributed by atoms with Gasteiger partial charge in [0.1, 0.15) is 0 Å². The van der Waals surface area contributed by atoms with Gasteiger partial charge in [-0.2, -0.15) is 0 Å². The number of hydrogen-bond acceptors (Lipinski definition) is 2. The molecule has 1 aromatic carbocycles. The van der Waals surface area contributed by atoms with Crippen LogP contribution in [-0.2, 0) is 7.47 Å². The van der Waals surface area contributed by atoms with E-state index < -0.39 is 13.8 Å². The molecule has 1 atom stereocenters. The van der Waals surface area contributed by atoms with Gasteiger partial charge in [-0.05, 0) is 0 Å². The van der Waals surface area contributed by atoms with Crippen LogP contribution < -0.4 is 4.35 Å². The topological polar surface area (TPSA) is 26.3 Å². The first-order valence-corrected chi connectivity index (χ1v) is 9.29. The molecule has 0 saturated heterocycles. The molecule has 0 aliphatic heterocycles. The van der Waals surface area contributed by atoms with E-state index in [-0.39, 0.29) is 0 Å². The third-order valence-electron chi connectivity index (χ3n) is 2.06. The number of hydrogen-bond donors (Lipinski definition) is 0. The minimum absolute atomic E-state index is 0.610. The van der Waals surface area contributed by atoms with Crippen molar-refractivity contribution in [3.05, 3.63) is 30.3 Å². The van der Waals surface area contributed by atoms with Crippen LogP contribution in [0.2, 0.25) is 5.71 Å². The van der Waals surface area contributed by atoms with Crippen LogP contribution in [0.25, 0.3) is 0 Å². The molecule has 78 valence electrons. The number of rotatable bonds is 5. The Morgan fingerprint density at radius 3 is 2.50 bits per heavy atom. The van der Waals surface area contributed by atoms with E-state index in [2.05, 4.69) is 6.92 Å². The number of benzene rings is 1. The summed E-state index contributed by atoms with van der Waals surface area (Å²) >= 11 is -3.21. The second-order valence-electron chi connectivity index (χ2n) is 3.37. The minimum atomic E-state index is -3.21. The molecule has 14 heavy (non-hydrogen) atoms. The zero-order valence-corrected chi connectivity index (χ0v) is 10.6. The summed E-state index contributed by atoms with van der Waals surface area (Å²) in [4.78, 5) is 0. The van der Waals surface area contributed by atoms with Gasteiger partial charge >= 0.3 is 88.1 Å². The summed E-state index contributed by atoms with van der Waals surface area (Å²) < 4.78 is 18.5. The van der Waals surface area contributed by atoms with Gasteiger partial charge in [-0.1, -0.05) is 0 Å². The van der Waals surface area contributed by atoms with E-state index in [1.54, 1.807) is 5.71 Å². The summed E-state index contributed by atoms with van der Waals surface area (Å²) in [7, 11) is 0. The Kier molecular flexibility index (Phi) is 4.50. The van der Waals surface area contributed by atoms with Crippen molar-refractivity contribution in [1.29, 1.82) is 0 Å². The molecule has 1 rings (SSSR count). The quantitative estimate of drug-likeness (QED) is 0.596. The Morgan fingerprint density at radius 2 is 1.93 bits per heavy atom. The predicted octanol–water partition coefficient (Wildman–Crippen LogP) is 2.21. The molecule has 0 bridgehead atoms. The summed E-state index contributed by atoms with van der Waals surface area (Å²) in [5.74, 6) is 0. The fourth-order valence-corrected chi connectivity index (χ4v) is 3.97. The van der Waals surface area contributed by atoms with Crippen molar-refractivity contribution in [3.8, 4) is 0 Å². The zero-order chi connectivity index (χ0) is 10.4. The molecule has 0 heterocycles. The van der Waals surface area contributed by atoms with Gasteiger partial charge in [0.15, 0.2) is 0 Å². The van der Waals surface area contributed by atoms with Gasteiger partial charge in [0.25, 0.3) is 0 Å². The molecular formula is C11H17AsO2. The maximum atomic E-state index is 12.1. The van der Waals surface area contributed by atoms with Gasteiger partial charge < -0.3 is 0 Å². The van der Waals surface area contributed by atoms with E-state index in [1.807, 2.05) is 30.3 Å². The molecule has 0 spiro atoms. The third kappa shape index (κ3) is 3.36. The SMILES string of the molecule is CCCCO[As](C)(=O)c1ccccc1. The van der Waals surface area contributed by atoms with E-state index >= 15 is 0 Å². The van der Waals surface area contributed by atoms with Crippen molar-refractivity contribution >= 4 is 18.2 Å². The van der Waals surface area contributed by atoms with Crippen LogP contribution in [0.1, 0.15) is 19.8 Å². The van der Waals surface area contributed by atoms with Crippen LogP contribution in [0.15, 0.2) is 30.3 Å². The van der Waals surface area contributed by atoms with Gasteiger partial charge in [-0.15, -0.1) is 0 Å². The molecule has 0 saturated carbocycles. The van der Waals surface area contributed by atoms with E-state index in [1.165, 1.54) is 0 Å². The van der Waals surface area contributed by atoms with Gasteiger partial charge in [0.2, 0.25) is 0 Å². The summed E-state index contributed by atoms with van der Waals surface area (Å²) in [6, 6.07) is 9.48. The Morgan fingerprint density at radius 1 is 1.29 bits per heavy atom. The van der Waals surface area contributed by atoms with Crippen molar-refractivity contribution in [2.45, 2.75) is 25.5 Å². The molecule has 0 amide bonds. The Bertz CT molecular complexity index is 308. The van der Waals surface area contributed by atoms with Gasteiger partial charge in [-0.25, -0.2) is 0 Å². The Labute approximate surface area is 88.3 Å². The standard InChI is InChI=1S/C11H17AsO2/c1-3-4-10-14-12(2,13)11-8-6-5-7-9-11/h5-9H,3-4,10H2,1-2H3. The van der Waals surface area contributed by atoms with Crippen LogP contribution in [-0.4, -0.2) is 20.4 Å². The predicted molar refractivity (Wildman–Crippen MR) is 59.2 cm³/mol. The molecule has 1 unspecified atom stereocenters. The second-order valence-corrected chi connectivity index (χ2v) is 8.54. The first-order valence-electron chi connectivity index (χ1n) is 4.94. The Hall–Kier alpha value is -0.462. The van der Waals surface area contributed by atoms with Crippen molar-refractivity contribution in [2.24, 2.45) is 0 Å². The molecular weight excluding hydrogens is 239 g/mol. The number of unbranched alkanes of at least 4 members (excludes halogenated alkanes) is 1. The maximum absolute atomic E-state index is 12.1. The Balaban J connectivity index is 2.62. The molecule has 0 aliphatic carbocycles. The van der Waals surface area contributed by atoms with Gasteiger partial charge in [0, 0.05) is 0 Å². The molecule has 0 fully saturated rings. The monoisotopic (exact) mass is 256 g/mol. The summed E-state index contributed by atoms with van der Waals surface area (Å²) in [5.41, 5.74) is 1.74. The first kappa shape index (κ1) is 11.6. The van der Waals surface area contributed by atoms with Crippen molar-refractivity contribution in [1.82, 2.24) is 0 Å². The van der Waals surface area contributed by atoms with Crippen LogP contribution in [0.5, 0.6) is 0 Å². The van der Waals surface area contributed by atoms with Gasteiger partial charge in [-0.3, -0.25) is 0 Å². The van der Waals surface area contributed by atoms with E-state index in [4.69, 9.17) is 3.73 Å². The fourth-order valence-electron chi connectivity index (χ4n) is 1.16. The van der Waals surface area contributed by atoms with E-state index in [0.29, 0.717) is 6.61 Å². The van der Waals surface area contributed by atoms with E-state index in [0.717, 1.165) is 17.2 Å². The van der Waals surface area contributed by atoms with Crippen molar-refractivity contribution in [2.75, 3.05) is 6.61 Å². The van der Waals surface area contributed by atoms with Crippen LogP contribution in [0.3, 0.4) is 0 Å². The van der Waals surface area contributed by atoms with Crippen LogP contribution in [0.4, 0.5) is 0 Å². The summed E-state index contributed by atoms with van der Waals surface area (Å²) in [6.07, 6.45) is 2.05. The van der Waals surface area contributed by atoms with Crippen molar-refractivity contribution < 1.29 is 7.47 Å². The van der Waals surface area contributed by atoms with E-state index in [9.17, 15) is 3.74 Å². The molecule has 0 aromatic heterocycles. The normalized spacial score (nSPS) is 15.0. The first-order chi connectivity index (χ1) is 6.67. The zero-order valence-electron chi connectivity index (χ0n) is 8.77. The third-order valence-corrected chi connectivity index (χ3v) is 6.07. The molecule has 1 aromatic rings. The van der Waals surface area contributed by atoms with Crippen LogP contribution in [0, 0.1) is 0 Å². The van der Waals surface area contributed by atoms with Crippen molar-refractivity contribution in [3.63, 3.8) is 0 Å². The second kappa shape index (κ2) is 5.43. The summed E-state index contributed by atoms with van der Waals surface area (Å²) in [5, 5.41) is 0. The molecule has 2 nitrogen and oxygen atoms in total. The molecule has 3 heteroatoms. The molecule has 0 aliphatic rings. The molecule has 0 N–H and O–H groups in total. The van der Waals surface area contributed by atoms with Gasteiger partial charge in [0.05, 0.1) is 0 Å². The summed E-state index contributed by atoms with van der Waals surface area (Å²) in [6.45, 7) is 2.71. The average molecular weight is 256 g/mol. The molecule has 0 radical (unpaired) electrons. The van der Waals surface area contributed by atoms with Crippen LogP contribution >= 0.6 is 0 Å².